The molecular formula is C12H12N4O. The molecule has 17 heavy (non-hydrogen) atoms. The summed E-state index contributed by atoms with van der Waals surface area (Å²) < 4.78 is 1.56. The maximum absolute atomic E-state index is 11.5. The van der Waals surface area contributed by atoms with Crippen LogP contribution in [0.5, 0.6) is 0 Å². The van der Waals surface area contributed by atoms with E-state index in [1.165, 1.54) is 13.1 Å². The molecule has 0 saturated heterocycles. The number of aryl methyl sites for hydroxylation is 1. The van der Waals surface area contributed by atoms with E-state index in [0.717, 1.165) is 5.56 Å². The molecular weight excluding hydrogens is 216 g/mol. The van der Waals surface area contributed by atoms with Crippen LogP contribution in [-0.4, -0.2) is 15.4 Å². The molecule has 5 heteroatoms. The van der Waals surface area contributed by atoms with Crippen molar-refractivity contribution in [1.82, 2.24) is 9.61 Å². The van der Waals surface area contributed by atoms with Crippen LogP contribution in [0.15, 0.2) is 12.4 Å². The molecule has 0 bridgehead atoms. The van der Waals surface area contributed by atoms with E-state index >= 15 is 0 Å². The molecule has 0 amide bonds. The summed E-state index contributed by atoms with van der Waals surface area (Å²) >= 11 is 0. The van der Waals surface area contributed by atoms with Gasteiger partial charge in [-0.25, -0.2) is 4.52 Å². The zero-order valence-corrected chi connectivity index (χ0v) is 9.69. The highest BCUT2D eigenvalue weighted by atomic mass is 16.1. The summed E-state index contributed by atoms with van der Waals surface area (Å²) in [5.74, 6) is -0.0229. The van der Waals surface area contributed by atoms with Crippen molar-refractivity contribution in [1.29, 1.82) is 5.26 Å². The topological polar surface area (TPSA) is 84.2 Å². The first-order chi connectivity index (χ1) is 8.10. The number of carbonyl (C=O) groups is 1. The molecule has 0 aliphatic heterocycles. The maximum Gasteiger partial charge on any atom is 0.161 e. The normalized spacial score (nSPS) is 10.4. The third-order valence-electron chi connectivity index (χ3n) is 2.80. The zero-order chi connectivity index (χ0) is 12.6. The lowest BCUT2D eigenvalue weighted by molar-refractivity contribution is 0.101. The number of ketones is 1. The third-order valence-corrected chi connectivity index (χ3v) is 2.80. The van der Waals surface area contributed by atoms with Crippen LogP contribution >= 0.6 is 0 Å². The minimum Gasteiger partial charge on any atom is -0.396 e. The Hall–Kier alpha value is -2.35. The van der Waals surface area contributed by atoms with Crippen LogP contribution in [0.4, 0.5) is 5.69 Å². The maximum atomic E-state index is 11.5. The van der Waals surface area contributed by atoms with Gasteiger partial charge in [-0.2, -0.15) is 10.4 Å². The largest absolute Gasteiger partial charge is 0.396 e. The van der Waals surface area contributed by atoms with E-state index in [4.69, 9.17) is 11.0 Å². The van der Waals surface area contributed by atoms with Gasteiger partial charge in [-0.3, -0.25) is 4.79 Å². The summed E-state index contributed by atoms with van der Waals surface area (Å²) in [5.41, 5.74) is 8.76. The van der Waals surface area contributed by atoms with Crippen molar-refractivity contribution in [2.24, 2.45) is 0 Å². The van der Waals surface area contributed by atoms with Gasteiger partial charge in [0.05, 0.1) is 23.0 Å². The summed E-state index contributed by atoms with van der Waals surface area (Å²) in [7, 11) is 0. The van der Waals surface area contributed by atoms with Crippen molar-refractivity contribution in [3.8, 4) is 6.07 Å². The number of hydrogen-bond acceptors (Lipinski definition) is 4. The van der Waals surface area contributed by atoms with E-state index in [9.17, 15) is 4.79 Å². The van der Waals surface area contributed by atoms with Gasteiger partial charge in [0.15, 0.2) is 5.78 Å². The Balaban J connectivity index is 2.90. The van der Waals surface area contributed by atoms with E-state index in [-0.39, 0.29) is 5.78 Å². The lowest BCUT2D eigenvalue weighted by Crippen LogP contribution is -2.00. The Kier molecular flexibility index (Phi) is 2.56. The fourth-order valence-electron chi connectivity index (χ4n) is 1.98. The fourth-order valence-corrected chi connectivity index (χ4v) is 1.98. The van der Waals surface area contributed by atoms with Crippen LogP contribution < -0.4 is 5.73 Å². The zero-order valence-electron chi connectivity index (χ0n) is 9.69. The number of fused-ring (bicyclic) bond motifs is 1. The highest BCUT2D eigenvalue weighted by Gasteiger charge is 2.17. The fraction of sp³-hybridized carbons (Fsp3) is 0.250. The lowest BCUT2D eigenvalue weighted by Gasteiger charge is -2.03. The summed E-state index contributed by atoms with van der Waals surface area (Å²) in [4.78, 5) is 11.5. The van der Waals surface area contributed by atoms with E-state index in [0.29, 0.717) is 28.8 Å². The third kappa shape index (κ3) is 1.54. The Labute approximate surface area is 98.5 Å². The van der Waals surface area contributed by atoms with Gasteiger partial charge in [-0.1, -0.05) is 6.92 Å². The first-order valence-corrected chi connectivity index (χ1v) is 5.29. The first-order valence-electron chi connectivity index (χ1n) is 5.29. The van der Waals surface area contributed by atoms with Crippen molar-refractivity contribution >= 4 is 17.0 Å². The minimum atomic E-state index is -0.0229. The predicted molar refractivity (Wildman–Crippen MR) is 63.7 cm³/mol. The molecule has 2 N–H and O–H groups in total. The first kappa shape index (κ1) is 11.1. The molecule has 2 rings (SSSR count). The number of anilines is 1. The standard InChI is InChI=1S/C12H12N4O/c1-3-9-10(7(2)17)6-16-12(9)11(14)8(4-13)5-15-16/h5-6H,3,14H2,1-2H3. The van der Waals surface area contributed by atoms with E-state index in [2.05, 4.69) is 5.10 Å². The molecule has 2 aromatic heterocycles. The average molecular weight is 228 g/mol. The molecule has 0 aromatic carbocycles. The Morgan fingerprint density at radius 3 is 2.88 bits per heavy atom. The number of nitriles is 1. The molecule has 0 atom stereocenters. The molecule has 86 valence electrons. The number of aromatic nitrogens is 2. The SMILES string of the molecule is CCc1c(C(C)=O)cn2ncc(C#N)c(N)c12. The lowest BCUT2D eigenvalue weighted by atomic mass is 10.1. The smallest absolute Gasteiger partial charge is 0.161 e. The van der Waals surface area contributed by atoms with Crippen molar-refractivity contribution in [3.63, 3.8) is 0 Å². The second-order valence-corrected chi connectivity index (χ2v) is 3.81. The molecule has 0 unspecified atom stereocenters. The minimum absolute atomic E-state index is 0.0229. The number of nitrogen functional groups attached to an aromatic ring is 1. The van der Waals surface area contributed by atoms with Crippen LogP contribution in [0, 0.1) is 11.3 Å². The van der Waals surface area contributed by atoms with Crippen molar-refractivity contribution in [2.75, 3.05) is 5.73 Å². The molecule has 0 aliphatic carbocycles. The monoisotopic (exact) mass is 228 g/mol. The van der Waals surface area contributed by atoms with Gasteiger partial charge >= 0.3 is 0 Å². The van der Waals surface area contributed by atoms with Crippen LogP contribution in [0.1, 0.15) is 35.3 Å². The summed E-state index contributed by atoms with van der Waals surface area (Å²) in [6, 6.07) is 1.99. The number of hydrogen-bond donors (Lipinski definition) is 1. The number of nitrogens with two attached hydrogens (primary N) is 1. The van der Waals surface area contributed by atoms with Gasteiger partial charge in [0, 0.05) is 11.8 Å². The second-order valence-electron chi connectivity index (χ2n) is 3.81. The summed E-state index contributed by atoms with van der Waals surface area (Å²) in [5, 5.41) is 13.0. The number of carbonyl (C=O) groups excluding carboxylic acids is 1. The van der Waals surface area contributed by atoms with Gasteiger partial charge in [-0.05, 0) is 18.9 Å². The number of Topliss-reactive ketones (excluding diaryl/α,β-unsaturated/α-hetero) is 1. The van der Waals surface area contributed by atoms with E-state index in [1.54, 1.807) is 10.7 Å². The molecule has 0 aliphatic rings. The summed E-state index contributed by atoms with van der Waals surface area (Å²) in [6.45, 7) is 3.45. The van der Waals surface area contributed by atoms with Crippen LogP contribution in [0.2, 0.25) is 0 Å². The molecule has 0 spiro atoms. The number of rotatable bonds is 2. The highest BCUT2D eigenvalue weighted by molar-refractivity contribution is 5.99. The molecule has 2 aromatic rings. The van der Waals surface area contributed by atoms with Crippen LogP contribution in [-0.2, 0) is 6.42 Å². The number of nitrogens with zero attached hydrogens (tertiary/aromatic N) is 3. The molecule has 0 fully saturated rings. The van der Waals surface area contributed by atoms with Crippen molar-refractivity contribution in [3.05, 3.63) is 29.1 Å². The van der Waals surface area contributed by atoms with Gasteiger partial charge in [0.1, 0.15) is 6.07 Å². The van der Waals surface area contributed by atoms with Gasteiger partial charge in [-0.15, -0.1) is 0 Å². The van der Waals surface area contributed by atoms with E-state index < -0.39 is 0 Å². The predicted octanol–water partition coefficient (Wildman–Crippen LogP) is 1.55. The second kappa shape index (κ2) is 3.91. The highest BCUT2D eigenvalue weighted by Crippen LogP contribution is 2.26. The van der Waals surface area contributed by atoms with E-state index in [1.807, 2.05) is 13.0 Å². The molecule has 0 radical (unpaired) electrons. The van der Waals surface area contributed by atoms with Gasteiger partial charge in [0.2, 0.25) is 0 Å². The summed E-state index contributed by atoms with van der Waals surface area (Å²) in [6.07, 6.45) is 3.74. The Bertz CT molecular complexity index is 649. The Morgan fingerprint density at radius 2 is 2.35 bits per heavy atom. The van der Waals surface area contributed by atoms with Crippen molar-refractivity contribution in [2.45, 2.75) is 20.3 Å². The van der Waals surface area contributed by atoms with Crippen molar-refractivity contribution < 1.29 is 4.79 Å². The Morgan fingerprint density at radius 1 is 1.65 bits per heavy atom. The van der Waals surface area contributed by atoms with Gasteiger partial charge < -0.3 is 5.73 Å². The van der Waals surface area contributed by atoms with Crippen LogP contribution in [0.3, 0.4) is 0 Å². The van der Waals surface area contributed by atoms with Crippen LogP contribution in [0.25, 0.3) is 5.52 Å². The average Bonchev–Trinajstić information content (AvgIpc) is 2.69. The van der Waals surface area contributed by atoms with Gasteiger partial charge in [0.25, 0.3) is 0 Å². The molecule has 2 heterocycles. The molecule has 0 saturated carbocycles. The molecule has 5 nitrogen and oxygen atoms in total. The quantitative estimate of drug-likeness (QED) is 0.790.